The summed E-state index contributed by atoms with van der Waals surface area (Å²) < 4.78 is 6.44. The standard InChI is InChI=1S/C50H31N3O/c1-4-14-33(15-5-1)47-51-48(34-25-24-32-26-28-40-39-21-11-13-23-45(39)54-46(40)41(32)30-34)53-49(52-47)35-27-29-44-42(31-35)38-20-10-12-22-43(38)50(44,36-16-6-2-7-17-36)37-18-8-3-9-19-37/h1-31H. The Morgan fingerprint density at radius 1 is 0.370 bits per heavy atom. The molecule has 8 aromatic carbocycles. The van der Waals surface area contributed by atoms with Crippen molar-refractivity contribution in [3.8, 4) is 45.3 Å². The average molecular weight is 690 g/mol. The van der Waals surface area contributed by atoms with Gasteiger partial charge in [-0.3, -0.25) is 0 Å². The maximum Gasteiger partial charge on any atom is 0.164 e. The van der Waals surface area contributed by atoms with E-state index in [1.807, 2.05) is 42.5 Å². The maximum absolute atomic E-state index is 6.44. The first-order chi connectivity index (χ1) is 26.8. The minimum Gasteiger partial charge on any atom is -0.455 e. The van der Waals surface area contributed by atoms with E-state index < -0.39 is 5.41 Å². The monoisotopic (exact) mass is 689 g/mol. The second kappa shape index (κ2) is 11.9. The minimum atomic E-state index is -0.473. The first-order valence-corrected chi connectivity index (χ1v) is 18.3. The predicted octanol–water partition coefficient (Wildman–Crippen LogP) is 12.3. The molecule has 0 radical (unpaired) electrons. The molecule has 0 saturated heterocycles. The molecule has 252 valence electrons. The third kappa shape index (κ3) is 4.53. The molecule has 11 rings (SSSR count). The highest BCUT2D eigenvalue weighted by atomic mass is 16.3. The van der Waals surface area contributed by atoms with Gasteiger partial charge in [0.2, 0.25) is 0 Å². The second-order valence-electron chi connectivity index (χ2n) is 13.9. The molecule has 4 heteroatoms. The Morgan fingerprint density at radius 3 is 1.67 bits per heavy atom. The Hall–Kier alpha value is -7.17. The molecule has 10 aromatic rings. The molecule has 1 aliphatic carbocycles. The average Bonchev–Trinajstić information content (AvgIpc) is 3.78. The van der Waals surface area contributed by atoms with Crippen molar-refractivity contribution in [1.82, 2.24) is 15.0 Å². The predicted molar refractivity (Wildman–Crippen MR) is 218 cm³/mol. The van der Waals surface area contributed by atoms with E-state index in [0.717, 1.165) is 49.4 Å². The van der Waals surface area contributed by atoms with Gasteiger partial charge in [-0.2, -0.15) is 0 Å². The lowest BCUT2D eigenvalue weighted by atomic mass is 9.67. The van der Waals surface area contributed by atoms with Gasteiger partial charge in [-0.1, -0.05) is 164 Å². The Bertz CT molecular complexity index is 3000. The van der Waals surface area contributed by atoms with Gasteiger partial charge in [0.05, 0.1) is 5.41 Å². The number of aromatic nitrogens is 3. The van der Waals surface area contributed by atoms with E-state index in [1.54, 1.807) is 0 Å². The fourth-order valence-electron chi connectivity index (χ4n) is 8.58. The molecule has 2 heterocycles. The van der Waals surface area contributed by atoms with Crippen LogP contribution in [0.2, 0.25) is 0 Å². The molecule has 2 aromatic heterocycles. The molecule has 4 nitrogen and oxygen atoms in total. The highest BCUT2D eigenvalue weighted by Gasteiger charge is 2.46. The molecule has 0 fully saturated rings. The fraction of sp³-hybridized carbons (Fsp3) is 0.0200. The molecule has 0 amide bonds. The van der Waals surface area contributed by atoms with E-state index in [4.69, 9.17) is 19.4 Å². The molecule has 1 aliphatic rings. The number of para-hydroxylation sites is 1. The van der Waals surface area contributed by atoms with Gasteiger partial charge in [0.1, 0.15) is 11.2 Å². The zero-order valence-corrected chi connectivity index (χ0v) is 29.1. The number of nitrogens with zero attached hydrogens (tertiary/aromatic N) is 3. The van der Waals surface area contributed by atoms with Crippen molar-refractivity contribution in [2.75, 3.05) is 0 Å². The van der Waals surface area contributed by atoms with E-state index >= 15 is 0 Å². The highest BCUT2D eigenvalue weighted by molar-refractivity contribution is 6.15. The van der Waals surface area contributed by atoms with Crippen LogP contribution in [0.25, 0.3) is 78.0 Å². The molecule has 0 saturated carbocycles. The Morgan fingerprint density at radius 2 is 0.926 bits per heavy atom. The Labute approximate surface area is 312 Å². The topological polar surface area (TPSA) is 51.8 Å². The Kier molecular flexibility index (Phi) is 6.73. The summed E-state index contributed by atoms with van der Waals surface area (Å²) in [6.07, 6.45) is 0. The summed E-state index contributed by atoms with van der Waals surface area (Å²) in [5.41, 5.74) is 11.4. The van der Waals surface area contributed by atoms with Crippen molar-refractivity contribution >= 4 is 32.7 Å². The third-order valence-corrected chi connectivity index (χ3v) is 11.0. The molecule has 54 heavy (non-hydrogen) atoms. The van der Waals surface area contributed by atoms with Gasteiger partial charge >= 0.3 is 0 Å². The summed E-state index contributed by atoms with van der Waals surface area (Å²) in [6.45, 7) is 0. The van der Waals surface area contributed by atoms with E-state index in [-0.39, 0.29) is 0 Å². The van der Waals surface area contributed by atoms with Crippen molar-refractivity contribution in [3.63, 3.8) is 0 Å². The maximum atomic E-state index is 6.44. The normalized spacial score (nSPS) is 13.0. The number of hydrogen-bond donors (Lipinski definition) is 0. The van der Waals surface area contributed by atoms with Gasteiger partial charge in [-0.25, -0.2) is 15.0 Å². The van der Waals surface area contributed by atoms with Crippen LogP contribution in [-0.2, 0) is 5.41 Å². The van der Waals surface area contributed by atoms with Crippen LogP contribution in [0.5, 0.6) is 0 Å². The van der Waals surface area contributed by atoms with E-state index in [9.17, 15) is 0 Å². The summed E-state index contributed by atoms with van der Waals surface area (Å²) in [4.78, 5) is 15.4. The largest absolute Gasteiger partial charge is 0.455 e. The molecule has 0 N–H and O–H groups in total. The van der Waals surface area contributed by atoms with Crippen LogP contribution >= 0.6 is 0 Å². The number of furan rings is 1. The third-order valence-electron chi connectivity index (χ3n) is 11.0. The number of fused-ring (bicyclic) bond motifs is 8. The minimum absolute atomic E-state index is 0.473. The summed E-state index contributed by atoms with van der Waals surface area (Å²) in [5, 5.41) is 4.32. The van der Waals surface area contributed by atoms with Gasteiger partial charge in [0, 0.05) is 32.8 Å². The van der Waals surface area contributed by atoms with Crippen LogP contribution in [0.15, 0.2) is 192 Å². The molecular weight excluding hydrogens is 659 g/mol. The lowest BCUT2D eigenvalue weighted by Crippen LogP contribution is -2.28. The summed E-state index contributed by atoms with van der Waals surface area (Å²) in [5.74, 6) is 1.86. The second-order valence-corrected chi connectivity index (χ2v) is 13.9. The van der Waals surface area contributed by atoms with Gasteiger partial charge in [-0.15, -0.1) is 0 Å². The molecule has 0 unspecified atom stereocenters. The van der Waals surface area contributed by atoms with E-state index in [2.05, 4.69) is 146 Å². The van der Waals surface area contributed by atoms with Crippen molar-refractivity contribution in [1.29, 1.82) is 0 Å². The first kappa shape index (κ1) is 30.5. The number of hydrogen-bond acceptors (Lipinski definition) is 4. The molecule has 0 bridgehead atoms. The van der Waals surface area contributed by atoms with Crippen molar-refractivity contribution in [3.05, 3.63) is 210 Å². The number of rotatable bonds is 5. The quantitative estimate of drug-likeness (QED) is 0.180. The van der Waals surface area contributed by atoms with Crippen LogP contribution in [0.3, 0.4) is 0 Å². The molecule has 0 spiro atoms. The van der Waals surface area contributed by atoms with Crippen LogP contribution in [-0.4, -0.2) is 15.0 Å². The van der Waals surface area contributed by atoms with Crippen LogP contribution < -0.4 is 0 Å². The molecule has 0 atom stereocenters. The smallest absolute Gasteiger partial charge is 0.164 e. The molecule has 0 aliphatic heterocycles. The lowest BCUT2D eigenvalue weighted by Gasteiger charge is -2.33. The lowest BCUT2D eigenvalue weighted by molar-refractivity contribution is 0.672. The van der Waals surface area contributed by atoms with Crippen LogP contribution in [0.1, 0.15) is 22.3 Å². The van der Waals surface area contributed by atoms with Crippen molar-refractivity contribution in [2.45, 2.75) is 5.41 Å². The summed E-state index contributed by atoms with van der Waals surface area (Å²) in [7, 11) is 0. The first-order valence-electron chi connectivity index (χ1n) is 18.3. The van der Waals surface area contributed by atoms with Gasteiger partial charge in [0.25, 0.3) is 0 Å². The number of benzene rings is 8. The zero-order valence-electron chi connectivity index (χ0n) is 29.1. The van der Waals surface area contributed by atoms with Crippen LogP contribution in [0, 0.1) is 0 Å². The van der Waals surface area contributed by atoms with E-state index in [1.165, 1.54) is 33.4 Å². The molecular formula is C50H31N3O. The van der Waals surface area contributed by atoms with E-state index in [0.29, 0.717) is 17.5 Å². The van der Waals surface area contributed by atoms with Gasteiger partial charge in [-0.05, 0) is 63.0 Å². The van der Waals surface area contributed by atoms with Gasteiger partial charge < -0.3 is 4.42 Å². The van der Waals surface area contributed by atoms with Crippen LogP contribution in [0.4, 0.5) is 0 Å². The van der Waals surface area contributed by atoms with Crippen molar-refractivity contribution in [2.24, 2.45) is 0 Å². The Balaban J connectivity index is 1.13. The summed E-state index contributed by atoms with van der Waals surface area (Å²) >= 11 is 0. The van der Waals surface area contributed by atoms with Gasteiger partial charge in [0.15, 0.2) is 17.5 Å². The SMILES string of the molecule is c1ccc(-c2nc(-c3ccc4c(c3)-c3ccccc3C4(c3ccccc3)c3ccccc3)nc(-c3ccc4ccc5c6ccccc6oc5c4c3)n2)cc1. The zero-order chi connectivity index (χ0) is 35.6. The fourth-order valence-corrected chi connectivity index (χ4v) is 8.58. The summed E-state index contributed by atoms with van der Waals surface area (Å²) in [6, 6.07) is 66.3. The highest BCUT2D eigenvalue weighted by Crippen LogP contribution is 2.56. The van der Waals surface area contributed by atoms with Crippen molar-refractivity contribution < 1.29 is 4.42 Å².